The maximum atomic E-state index is 12.4. The Labute approximate surface area is 155 Å². The van der Waals surface area contributed by atoms with Crippen molar-refractivity contribution >= 4 is 23.2 Å². The summed E-state index contributed by atoms with van der Waals surface area (Å²) in [6, 6.07) is 15.0. The molecule has 0 heterocycles. The van der Waals surface area contributed by atoms with Gasteiger partial charge in [-0.25, -0.2) is 0 Å². The molecule has 0 aliphatic carbocycles. The van der Waals surface area contributed by atoms with Crippen molar-refractivity contribution in [2.75, 3.05) is 23.9 Å². The predicted molar refractivity (Wildman–Crippen MR) is 105 cm³/mol. The second kappa shape index (κ2) is 9.04. The van der Waals surface area contributed by atoms with Crippen molar-refractivity contribution in [3.05, 3.63) is 54.1 Å². The molecule has 0 atom stereocenters. The van der Waals surface area contributed by atoms with Crippen molar-refractivity contribution in [3.8, 4) is 5.75 Å². The quantitative estimate of drug-likeness (QED) is 0.811. The van der Waals surface area contributed by atoms with Gasteiger partial charge < -0.3 is 15.0 Å². The zero-order valence-electron chi connectivity index (χ0n) is 15.8. The average Bonchev–Trinajstić information content (AvgIpc) is 2.62. The Morgan fingerprint density at radius 2 is 1.73 bits per heavy atom. The van der Waals surface area contributed by atoms with Crippen LogP contribution < -0.4 is 15.0 Å². The van der Waals surface area contributed by atoms with Gasteiger partial charge in [-0.3, -0.25) is 9.59 Å². The Hall–Kier alpha value is -2.82. The molecular weight excluding hydrogens is 328 g/mol. The summed E-state index contributed by atoms with van der Waals surface area (Å²) in [5.74, 6) is 0.822. The highest BCUT2D eigenvalue weighted by atomic mass is 16.5. The van der Waals surface area contributed by atoms with E-state index in [1.165, 1.54) is 6.92 Å². The summed E-state index contributed by atoms with van der Waals surface area (Å²) in [6.07, 6.45) is 0.220. The van der Waals surface area contributed by atoms with Crippen LogP contribution in [0.2, 0.25) is 0 Å². The van der Waals surface area contributed by atoms with Gasteiger partial charge in [0.05, 0.1) is 7.11 Å². The number of carbonyl (C=O) groups is 2. The van der Waals surface area contributed by atoms with Gasteiger partial charge in [0.1, 0.15) is 5.75 Å². The normalized spacial score (nSPS) is 10.5. The molecule has 1 N–H and O–H groups in total. The van der Waals surface area contributed by atoms with Crippen molar-refractivity contribution in [2.45, 2.75) is 33.1 Å². The van der Waals surface area contributed by atoms with E-state index in [2.05, 4.69) is 19.2 Å². The minimum Gasteiger partial charge on any atom is -0.497 e. The lowest BCUT2D eigenvalue weighted by Crippen LogP contribution is -2.32. The fourth-order valence-corrected chi connectivity index (χ4v) is 2.77. The molecule has 0 aliphatic heterocycles. The summed E-state index contributed by atoms with van der Waals surface area (Å²) in [4.78, 5) is 25.9. The summed E-state index contributed by atoms with van der Waals surface area (Å²) in [5, 5.41) is 2.96. The van der Waals surface area contributed by atoms with Crippen LogP contribution in [0.15, 0.2) is 48.5 Å². The number of carbonyl (C=O) groups excluding carboxylic acids is 2. The molecule has 0 saturated heterocycles. The number of nitrogens with one attached hydrogen (secondary N) is 1. The number of hydrogen-bond donors (Lipinski definition) is 1. The Kier molecular flexibility index (Phi) is 6.78. The number of ether oxygens (including phenoxy) is 1. The number of rotatable bonds is 7. The fourth-order valence-electron chi connectivity index (χ4n) is 2.77. The third-order valence-electron chi connectivity index (χ3n) is 4.18. The summed E-state index contributed by atoms with van der Waals surface area (Å²) >= 11 is 0. The Bertz CT molecular complexity index is 754. The molecule has 138 valence electrons. The molecule has 26 heavy (non-hydrogen) atoms. The van der Waals surface area contributed by atoms with Crippen LogP contribution in [0.25, 0.3) is 0 Å². The van der Waals surface area contributed by atoms with E-state index in [9.17, 15) is 9.59 Å². The minimum atomic E-state index is -0.113. The van der Waals surface area contributed by atoms with E-state index in [1.807, 2.05) is 36.4 Å². The van der Waals surface area contributed by atoms with Crippen molar-refractivity contribution in [1.82, 2.24) is 0 Å². The van der Waals surface area contributed by atoms with E-state index in [0.29, 0.717) is 12.5 Å². The maximum absolute atomic E-state index is 12.4. The number of hydrogen-bond acceptors (Lipinski definition) is 3. The molecule has 0 fully saturated rings. The summed E-state index contributed by atoms with van der Waals surface area (Å²) in [6.45, 7) is 5.99. The highest BCUT2D eigenvalue weighted by Crippen LogP contribution is 2.24. The predicted octanol–water partition coefficient (Wildman–Crippen LogP) is 4.20. The number of anilines is 2. The average molecular weight is 354 g/mol. The molecule has 0 saturated carbocycles. The molecule has 0 aromatic heterocycles. The lowest BCUT2D eigenvalue weighted by Gasteiger charge is -2.21. The Balaban J connectivity index is 2.02. The molecule has 2 aromatic carbocycles. The van der Waals surface area contributed by atoms with Gasteiger partial charge in [-0.1, -0.05) is 32.0 Å². The largest absolute Gasteiger partial charge is 0.497 e. The van der Waals surface area contributed by atoms with Crippen molar-refractivity contribution in [3.63, 3.8) is 0 Å². The van der Waals surface area contributed by atoms with Crippen molar-refractivity contribution in [2.24, 2.45) is 0 Å². The first-order valence-corrected chi connectivity index (χ1v) is 8.73. The van der Waals surface area contributed by atoms with E-state index in [-0.39, 0.29) is 18.2 Å². The van der Waals surface area contributed by atoms with Crippen LogP contribution in [-0.2, 0) is 9.59 Å². The first-order chi connectivity index (χ1) is 12.4. The molecule has 2 aromatic rings. The van der Waals surface area contributed by atoms with E-state index in [1.54, 1.807) is 24.1 Å². The monoisotopic (exact) mass is 354 g/mol. The first kappa shape index (κ1) is 19.5. The van der Waals surface area contributed by atoms with Gasteiger partial charge in [0.15, 0.2) is 0 Å². The van der Waals surface area contributed by atoms with Gasteiger partial charge in [0.2, 0.25) is 11.8 Å². The molecule has 0 spiro atoms. The topological polar surface area (TPSA) is 58.6 Å². The smallest absolute Gasteiger partial charge is 0.226 e. The highest BCUT2D eigenvalue weighted by molar-refractivity contribution is 5.95. The fraction of sp³-hybridized carbons (Fsp3) is 0.333. The van der Waals surface area contributed by atoms with Crippen LogP contribution in [-0.4, -0.2) is 25.5 Å². The molecule has 2 amide bonds. The number of nitrogens with zero attached hydrogens (tertiary/aromatic N) is 1. The summed E-state index contributed by atoms with van der Waals surface area (Å²) < 4.78 is 5.14. The summed E-state index contributed by atoms with van der Waals surface area (Å²) in [7, 11) is 1.59. The van der Waals surface area contributed by atoms with E-state index in [0.717, 1.165) is 22.7 Å². The molecule has 0 radical (unpaired) electrons. The number of amides is 2. The third kappa shape index (κ3) is 5.09. The van der Waals surface area contributed by atoms with Crippen LogP contribution in [0.5, 0.6) is 5.75 Å². The van der Waals surface area contributed by atoms with E-state index >= 15 is 0 Å². The molecule has 2 rings (SSSR count). The zero-order chi connectivity index (χ0) is 19.1. The number of methoxy groups -OCH3 is 1. The molecule has 0 bridgehead atoms. The van der Waals surface area contributed by atoms with Gasteiger partial charge in [-0.05, 0) is 41.8 Å². The summed E-state index contributed by atoms with van der Waals surface area (Å²) in [5.41, 5.74) is 2.67. The Morgan fingerprint density at radius 1 is 1.08 bits per heavy atom. The highest BCUT2D eigenvalue weighted by Gasteiger charge is 2.15. The van der Waals surface area contributed by atoms with E-state index in [4.69, 9.17) is 4.74 Å². The molecule has 5 nitrogen and oxygen atoms in total. The third-order valence-corrected chi connectivity index (χ3v) is 4.18. The van der Waals surface area contributed by atoms with E-state index < -0.39 is 0 Å². The lowest BCUT2D eigenvalue weighted by molar-refractivity contribution is -0.117. The van der Waals surface area contributed by atoms with Gasteiger partial charge in [0, 0.05) is 31.3 Å². The standard InChI is InChI=1S/C21H26N2O3/c1-15(2)19-7-5-6-8-20(19)22-21(25)13-14-23(16(3)24)17-9-11-18(26-4)12-10-17/h5-12,15H,13-14H2,1-4H3,(H,22,25). The van der Waals surface area contributed by atoms with Crippen LogP contribution >= 0.6 is 0 Å². The SMILES string of the molecule is COc1ccc(N(CCC(=O)Nc2ccccc2C(C)C)C(C)=O)cc1. The second-order valence-corrected chi connectivity index (χ2v) is 6.41. The van der Waals surface area contributed by atoms with Crippen LogP contribution in [0.4, 0.5) is 11.4 Å². The maximum Gasteiger partial charge on any atom is 0.226 e. The Morgan fingerprint density at radius 3 is 2.31 bits per heavy atom. The van der Waals surface area contributed by atoms with Crippen LogP contribution in [0, 0.1) is 0 Å². The van der Waals surface area contributed by atoms with Crippen molar-refractivity contribution < 1.29 is 14.3 Å². The van der Waals surface area contributed by atoms with Crippen LogP contribution in [0.1, 0.15) is 38.7 Å². The van der Waals surface area contributed by atoms with Gasteiger partial charge in [-0.2, -0.15) is 0 Å². The minimum absolute atomic E-state index is 0.106. The molecule has 0 unspecified atom stereocenters. The van der Waals surface area contributed by atoms with Crippen molar-refractivity contribution in [1.29, 1.82) is 0 Å². The van der Waals surface area contributed by atoms with Crippen LogP contribution in [0.3, 0.4) is 0 Å². The van der Waals surface area contributed by atoms with Gasteiger partial charge in [-0.15, -0.1) is 0 Å². The van der Waals surface area contributed by atoms with Gasteiger partial charge >= 0.3 is 0 Å². The second-order valence-electron chi connectivity index (χ2n) is 6.41. The number of benzene rings is 2. The lowest BCUT2D eigenvalue weighted by atomic mass is 10.0. The van der Waals surface area contributed by atoms with Gasteiger partial charge in [0.25, 0.3) is 0 Å². The molecular formula is C21H26N2O3. The zero-order valence-corrected chi connectivity index (χ0v) is 15.8. The number of para-hydroxylation sites is 1. The molecule has 0 aliphatic rings. The first-order valence-electron chi connectivity index (χ1n) is 8.73. The molecule has 5 heteroatoms.